The van der Waals surface area contributed by atoms with Gasteiger partial charge in [0.1, 0.15) is 11.2 Å². The number of rotatable bonds is 4. The molecule has 0 bridgehead atoms. The zero-order valence-corrected chi connectivity index (χ0v) is 21.4. The maximum Gasteiger partial charge on any atom is 0.160 e. The average molecular weight is 494 g/mol. The number of ether oxygens (including phenoxy) is 1. The fourth-order valence-electron chi connectivity index (χ4n) is 7.12. The Labute approximate surface area is 214 Å². The molecule has 36 heavy (non-hydrogen) atoms. The third-order valence-corrected chi connectivity index (χ3v) is 9.38. The Bertz CT molecular complexity index is 1070. The molecule has 6 atom stereocenters. The number of Topliss-reactive ketones (excluding diaryl/α,β-unsaturated/α-hetero) is 2. The van der Waals surface area contributed by atoms with Crippen LogP contribution < -0.4 is 10.1 Å². The lowest BCUT2D eigenvalue weighted by Gasteiger charge is -2.42. The minimum atomic E-state index is -0.973. The van der Waals surface area contributed by atoms with Crippen LogP contribution in [-0.4, -0.2) is 47.6 Å². The summed E-state index contributed by atoms with van der Waals surface area (Å²) in [7, 11) is 1.52. The fraction of sp³-hybridized carbons (Fsp3) is 0.667. The first-order valence-electron chi connectivity index (χ1n) is 13.7. The van der Waals surface area contributed by atoms with Gasteiger partial charge in [-0.05, 0) is 92.5 Å². The van der Waals surface area contributed by atoms with Gasteiger partial charge in [-0.2, -0.15) is 0 Å². The highest BCUT2D eigenvalue weighted by Crippen LogP contribution is 2.44. The van der Waals surface area contributed by atoms with Gasteiger partial charge in [0, 0.05) is 31.7 Å². The molecule has 1 aromatic carbocycles. The Morgan fingerprint density at radius 3 is 2.72 bits per heavy atom. The molecule has 4 aliphatic rings. The van der Waals surface area contributed by atoms with Crippen molar-refractivity contribution in [1.82, 2.24) is 5.32 Å². The number of carbonyl (C=O) groups excluding carboxylic acids is 2. The summed E-state index contributed by atoms with van der Waals surface area (Å²) in [6.07, 6.45) is 8.61. The number of aliphatic hydroxyl groups excluding tert-OH is 1. The van der Waals surface area contributed by atoms with Crippen molar-refractivity contribution in [1.29, 1.82) is 0 Å². The quantitative estimate of drug-likeness (QED) is 0.553. The van der Waals surface area contributed by atoms with Crippen LogP contribution in [0.25, 0.3) is 0 Å². The molecule has 5 rings (SSSR count). The summed E-state index contributed by atoms with van der Waals surface area (Å²) in [6.45, 7) is 0.985. The first-order chi connectivity index (χ1) is 17.4. The molecule has 2 saturated carbocycles. The van der Waals surface area contributed by atoms with Crippen LogP contribution in [0, 0.1) is 35.0 Å². The van der Waals surface area contributed by atoms with E-state index >= 15 is 0 Å². The van der Waals surface area contributed by atoms with E-state index in [0.717, 1.165) is 49.8 Å². The van der Waals surface area contributed by atoms with E-state index in [1.807, 2.05) is 0 Å². The summed E-state index contributed by atoms with van der Waals surface area (Å²) in [5, 5.41) is 25.1. The number of methoxy groups -OCH3 is 1. The number of benzene rings is 1. The van der Waals surface area contributed by atoms with Gasteiger partial charge >= 0.3 is 0 Å². The predicted octanol–water partition coefficient (Wildman–Crippen LogP) is 3.74. The van der Waals surface area contributed by atoms with Crippen LogP contribution in [0.1, 0.15) is 75.3 Å². The number of hydrogen-bond donors (Lipinski definition) is 3. The molecule has 3 fully saturated rings. The lowest BCUT2D eigenvalue weighted by Crippen LogP contribution is -2.49. The minimum absolute atomic E-state index is 0.0372. The number of phenolic OH excluding ortho intramolecular Hbond substituents is 1. The van der Waals surface area contributed by atoms with E-state index in [4.69, 9.17) is 4.74 Å². The highest BCUT2D eigenvalue weighted by Gasteiger charge is 2.47. The van der Waals surface area contributed by atoms with E-state index in [2.05, 4.69) is 17.2 Å². The standard InChI is InChI=1S/C30H39NO5/c1-36-27-16-22-7-9-28(34)30(11-2-3-21(22)15-26(27)33)12-10-19(14-29(30)35)4-5-20-13-23-6-8-24(32)17-25(23)31-18-20/h15-16,19-20,23,25,29,31,33,35H,3-10,12-14,17-18H2,1H3/t19-,20-,23+,25-,29-,30-/m1/s1. The van der Waals surface area contributed by atoms with E-state index < -0.39 is 11.5 Å². The van der Waals surface area contributed by atoms with Crippen molar-refractivity contribution in [3.05, 3.63) is 23.3 Å². The molecule has 0 radical (unpaired) electrons. The molecular formula is C30H39NO5. The van der Waals surface area contributed by atoms with E-state index in [1.165, 1.54) is 13.5 Å². The molecule has 1 aliphatic heterocycles. The Morgan fingerprint density at radius 1 is 1.08 bits per heavy atom. The number of fused-ring (bicyclic) bond motifs is 2. The summed E-state index contributed by atoms with van der Waals surface area (Å²) >= 11 is 0. The summed E-state index contributed by atoms with van der Waals surface area (Å²) in [4.78, 5) is 25.2. The fourth-order valence-corrected chi connectivity index (χ4v) is 7.12. The molecule has 1 saturated heterocycles. The van der Waals surface area contributed by atoms with Crippen molar-refractivity contribution in [2.45, 2.75) is 89.2 Å². The molecule has 0 aromatic heterocycles. The van der Waals surface area contributed by atoms with Gasteiger partial charge in [-0.15, -0.1) is 0 Å². The van der Waals surface area contributed by atoms with E-state index in [0.29, 0.717) is 73.9 Å². The molecule has 3 aliphatic carbocycles. The zero-order valence-electron chi connectivity index (χ0n) is 21.4. The number of carbonyl (C=O) groups is 2. The number of nitrogens with one attached hydrogen (secondary N) is 1. The summed E-state index contributed by atoms with van der Waals surface area (Å²) in [5.41, 5.74) is 0.913. The van der Waals surface area contributed by atoms with Gasteiger partial charge in [0.05, 0.1) is 13.2 Å². The molecule has 1 heterocycles. The topological polar surface area (TPSA) is 95.9 Å². The van der Waals surface area contributed by atoms with Crippen molar-refractivity contribution in [2.75, 3.05) is 13.7 Å². The zero-order chi connectivity index (χ0) is 25.3. The maximum atomic E-state index is 13.4. The Hall–Kier alpha value is -2.36. The monoisotopic (exact) mass is 493 g/mol. The largest absolute Gasteiger partial charge is 0.504 e. The first kappa shape index (κ1) is 25.3. The number of aliphatic hydroxyl groups is 1. The molecule has 6 nitrogen and oxygen atoms in total. The van der Waals surface area contributed by atoms with Gasteiger partial charge in [0.2, 0.25) is 0 Å². The molecule has 1 aromatic rings. The number of hydrogen-bond acceptors (Lipinski definition) is 6. The summed E-state index contributed by atoms with van der Waals surface area (Å²) in [6, 6.07) is 3.87. The number of phenols is 1. The summed E-state index contributed by atoms with van der Waals surface area (Å²) in [5.74, 6) is 9.00. The lowest BCUT2D eigenvalue weighted by atomic mass is 9.64. The smallest absolute Gasteiger partial charge is 0.160 e. The van der Waals surface area contributed by atoms with Gasteiger partial charge in [0.25, 0.3) is 0 Å². The highest BCUT2D eigenvalue weighted by atomic mass is 16.5. The van der Waals surface area contributed by atoms with Crippen molar-refractivity contribution >= 4 is 11.6 Å². The van der Waals surface area contributed by atoms with Crippen molar-refractivity contribution in [3.8, 4) is 23.3 Å². The molecule has 6 heteroatoms. The van der Waals surface area contributed by atoms with Crippen molar-refractivity contribution < 1.29 is 24.5 Å². The third kappa shape index (κ3) is 5.06. The maximum absolute atomic E-state index is 13.4. The van der Waals surface area contributed by atoms with Crippen molar-refractivity contribution in [2.24, 2.45) is 23.2 Å². The van der Waals surface area contributed by atoms with Crippen LogP contribution in [0.3, 0.4) is 0 Å². The molecule has 0 unspecified atom stereocenters. The van der Waals surface area contributed by atoms with Gasteiger partial charge < -0.3 is 20.3 Å². The van der Waals surface area contributed by atoms with Crippen LogP contribution >= 0.6 is 0 Å². The minimum Gasteiger partial charge on any atom is -0.504 e. The molecule has 1 spiro atoms. The number of piperidine rings is 1. The highest BCUT2D eigenvalue weighted by molar-refractivity contribution is 5.89. The predicted molar refractivity (Wildman–Crippen MR) is 137 cm³/mol. The normalized spacial score (nSPS) is 34.4. The molecular weight excluding hydrogens is 454 g/mol. The van der Waals surface area contributed by atoms with Gasteiger partial charge in [-0.3, -0.25) is 9.59 Å². The SMILES string of the molecule is COc1cc2c(cc1O)CC#C[C@@]1(CC[C@@H](CC[C@H]3CN[C@@H]4CC(=O)CC[C@H]4C3)C[C@H]1O)C(=O)CC2. The van der Waals surface area contributed by atoms with Crippen molar-refractivity contribution in [3.63, 3.8) is 0 Å². The number of aromatic hydroxyl groups is 1. The van der Waals surface area contributed by atoms with Gasteiger partial charge in [-0.25, -0.2) is 0 Å². The second-order valence-corrected chi connectivity index (χ2v) is 11.6. The molecule has 3 N–H and O–H groups in total. The van der Waals surface area contributed by atoms with Crippen LogP contribution in [-0.2, 0) is 22.4 Å². The Morgan fingerprint density at radius 2 is 1.92 bits per heavy atom. The van der Waals surface area contributed by atoms with Crippen LogP contribution in [0.5, 0.6) is 11.5 Å². The second kappa shape index (κ2) is 10.6. The lowest BCUT2D eigenvalue weighted by molar-refractivity contribution is -0.134. The van der Waals surface area contributed by atoms with E-state index in [1.54, 1.807) is 12.1 Å². The second-order valence-electron chi connectivity index (χ2n) is 11.6. The molecule has 194 valence electrons. The van der Waals surface area contributed by atoms with Crippen LogP contribution in [0.2, 0.25) is 0 Å². The average Bonchev–Trinajstić information content (AvgIpc) is 2.93. The number of ketones is 2. The van der Waals surface area contributed by atoms with E-state index in [-0.39, 0.29) is 11.5 Å². The van der Waals surface area contributed by atoms with E-state index in [9.17, 15) is 19.8 Å². The van der Waals surface area contributed by atoms with Gasteiger partial charge in [-0.1, -0.05) is 18.3 Å². The van der Waals surface area contributed by atoms with Gasteiger partial charge in [0.15, 0.2) is 17.3 Å². The van der Waals surface area contributed by atoms with Crippen LogP contribution in [0.4, 0.5) is 0 Å². The molecule has 0 amide bonds. The van der Waals surface area contributed by atoms with Crippen LogP contribution in [0.15, 0.2) is 12.1 Å². The third-order valence-electron chi connectivity index (χ3n) is 9.38. The Kier molecular flexibility index (Phi) is 7.42. The first-order valence-corrected chi connectivity index (χ1v) is 13.7. The number of aryl methyl sites for hydroxylation is 1. The summed E-state index contributed by atoms with van der Waals surface area (Å²) < 4.78 is 5.25. The Balaban J connectivity index is 1.19.